The van der Waals surface area contributed by atoms with Crippen LogP contribution >= 0.6 is 0 Å². The van der Waals surface area contributed by atoms with Crippen LogP contribution in [0.25, 0.3) is 23.1 Å². The summed E-state index contributed by atoms with van der Waals surface area (Å²) in [6.45, 7) is 3.82. The molecule has 0 aliphatic rings. The average Bonchev–Trinajstić information content (AvgIpc) is 3.20. The highest BCUT2D eigenvalue weighted by Crippen LogP contribution is 2.25. The van der Waals surface area contributed by atoms with Crippen molar-refractivity contribution >= 4 is 51.8 Å². The topological polar surface area (TPSA) is 86.9 Å². The van der Waals surface area contributed by atoms with E-state index in [9.17, 15) is 9.59 Å². The Kier molecular flexibility index (Phi) is 6.64. The lowest BCUT2D eigenvalue weighted by Crippen LogP contribution is -2.23. The maximum Gasteiger partial charge on any atom is 0.291 e. The van der Waals surface area contributed by atoms with Gasteiger partial charge in [-0.1, -0.05) is 56.3 Å². The summed E-state index contributed by atoms with van der Waals surface area (Å²) in [7, 11) is 0. The van der Waals surface area contributed by atoms with E-state index >= 15 is 0 Å². The molecule has 0 atom stereocenters. The second-order valence-electron chi connectivity index (χ2n) is 8.29. The Hall–Kier alpha value is -4.19. The highest BCUT2D eigenvalue weighted by atomic mass is 16.2. The van der Waals surface area contributed by atoms with E-state index in [0.717, 1.165) is 33.5 Å². The van der Waals surface area contributed by atoms with Crippen molar-refractivity contribution in [1.82, 2.24) is 10.2 Å². The largest absolute Gasteiger partial charge is 0.355 e. The van der Waals surface area contributed by atoms with Gasteiger partial charge in [0.25, 0.3) is 5.91 Å². The molecule has 1 heterocycles. The Bertz CT molecular complexity index is 1310. The van der Waals surface area contributed by atoms with Gasteiger partial charge >= 0.3 is 0 Å². The number of carbonyl (C=O) groups is 2. The van der Waals surface area contributed by atoms with Gasteiger partial charge < -0.3 is 10.6 Å². The number of aromatic nitrogens is 2. The van der Waals surface area contributed by atoms with Crippen LogP contribution in [0.2, 0.25) is 0 Å². The standard InChI is InChI=1S/C27H26N4O2/c1-18(2)15-26(32)27(33)29-21-10-6-9-20(16-21)28-22-12-13-23-24(30-31-25(23)17-22)14-11-19-7-4-3-5-8-19/h3-14,16-18,28H,15H2,1-2H3,(H,29,33)(H,30,31)/b14-11+. The van der Waals surface area contributed by atoms with Gasteiger partial charge in [-0.25, -0.2) is 0 Å². The summed E-state index contributed by atoms with van der Waals surface area (Å²) in [5, 5.41) is 14.5. The fourth-order valence-corrected chi connectivity index (χ4v) is 3.49. The van der Waals surface area contributed by atoms with E-state index < -0.39 is 11.7 Å². The molecule has 3 N–H and O–H groups in total. The maximum atomic E-state index is 12.1. The van der Waals surface area contributed by atoms with Crippen LogP contribution in [0.3, 0.4) is 0 Å². The minimum absolute atomic E-state index is 0.142. The third kappa shape index (κ3) is 5.74. The van der Waals surface area contributed by atoms with Crippen molar-refractivity contribution in [2.75, 3.05) is 10.6 Å². The molecule has 166 valence electrons. The lowest BCUT2D eigenvalue weighted by molar-refractivity contribution is -0.135. The number of Topliss-reactive ketones (excluding diaryl/α,β-unsaturated/α-hetero) is 1. The molecular formula is C27H26N4O2. The van der Waals surface area contributed by atoms with E-state index in [1.165, 1.54) is 0 Å². The summed E-state index contributed by atoms with van der Waals surface area (Å²) in [5.74, 6) is -0.857. The molecule has 6 nitrogen and oxygen atoms in total. The molecule has 0 bridgehead atoms. The Morgan fingerprint density at radius 2 is 1.67 bits per heavy atom. The van der Waals surface area contributed by atoms with Crippen LogP contribution < -0.4 is 10.6 Å². The zero-order valence-corrected chi connectivity index (χ0v) is 18.6. The van der Waals surface area contributed by atoms with E-state index in [-0.39, 0.29) is 12.3 Å². The lowest BCUT2D eigenvalue weighted by atomic mass is 10.1. The van der Waals surface area contributed by atoms with Crippen molar-refractivity contribution in [2.24, 2.45) is 5.92 Å². The summed E-state index contributed by atoms with van der Waals surface area (Å²) < 4.78 is 0. The number of hydrogen-bond donors (Lipinski definition) is 3. The van der Waals surface area contributed by atoms with Gasteiger partial charge in [-0.15, -0.1) is 0 Å². The fraction of sp³-hybridized carbons (Fsp3) is 0.148. The van der Waals surface area contributed by atoms with Crippen molar-refractivity contribution in [3.63, 3.8) is 0 Å². The zero-order valence-electron chi connectivity index (χ0n) is 18.6. The first-order chi connectivity index (χ1) is 16.0. The monoisotopic (exact) mass is 438 g/mol. The van der Waals surface area contributed by atoms with Gasteiger partial charge in [0.1, 0.15) is 0 Å². The number of benzene rings is 3. The Morgan fingerprint density at radius 3 is 2.45 bits per heavy atom. The number of amides is 1. The molecule has 0 spiro atoms. The molecule has 3 aromatic carbocycles. The zero-order chi connectivity index (χ0) is 23.2. The molecule has 1 aromatic heterocycles. The van der Waals surface area contributed by atoms with Gasteiger partial charge in [0, 0.05) is 28.9 Å². The summed E-state index contributed by atoms with van der Waals surface area (Å²) in [4.78, 5) is 24.1. The molecule has 4 rings (SSSR count). The molecule has 0 unspecified atom stereocenters. The minimum atomic E-state index is -0.587. The predicted molar refractivity (Wildman–Crippen MR) is 134 cm³/mol. The normalized spacial score (nSPS) is 11.2. The number of fused-ring (bicyclic) bond motifs is 1. The molecular weight excluding hydrogens is 412 g/mol. The van der Waals surface area contributed by atoms with Crippen molar-refractivity contribution in [1.29, 1.82) is 0 Å². The molecule has 0 aliphatic carbocycles. The van der Waals surface area contributed by atoms with Gasteiger partial charge in [-0.2, -0.15) is 5.10 Å². The third-order valence-electron chi connectivity index (χ3n) is 5.08. The van der Waals surface area contributed by atoms with Crippen LogP contribution in [0.1, 0.15) is 31.5 Å². The summed E-state index contributed by atoms with van der Waals surface area (Å²) in [6.07, 6.45) is 4.26. The number of nitrogens with zero attached hydrogens (tertiary/aromatic N) is 1. The molecule has 1 amide bonds. The first-order valence-corrected chi connectivity index (χ1v) is 10.9. The molecule has 4 aromatic rings. The number of aromatic amines is 1. The molecule has 33 heavy (non-hydrogen) atoms. The number of H-pyrrole nitrogens is 1. The van der Waals surface area contributed by atoms with Crippen LogP contribution in [0.15, 0.2) is 72.8 Å². The second kappa shape index (κ2) is 9.96. The number of anilines is 3. The minimum Gasteiger partial charge on any atom is -0.355 e. The number of rotatable bonds is 8. The first-order valence-electron chi connectivity index (χ1n) is 10.9. The fourth-order valence-electron chi connectivity index (χ4n) is 3.49. The first kappa shape index (κ1) is 22.0. The molecule has 0 saturated carbocycles. The molecule has 6 heteroatoms. The van der Waals surface area contributed by atoms with Crippen LogP contribution in [-0.4, -0.2) is 21.9 Å². The second-order valence-corrected chi connectivity index (χ2v) is 8.29. The highest BCUT2D eigenvalue weighted by molar-refractivity contribution is 6.40. The molecule has 0 fully saturated rings. The van der Waals surface area contributed by atoms with Crippen molar-refractivity contribution < 1.29 is 9.59 Å². The highest BCUT2D eigenvalue weighted by Gasteiger charge is 2.15. The number of hydrogen-bond acceptors (Lipinski definition) is 4. The summed E-state index contributed by atoms with van der Waals surface area (Å²) in [6, 6.07) is 23.4. The van der Waals surface area contributed by atoms with Crippen molar-refractivity contribution in [3.05, 3.63) is 84.1 Å². The van der Waals surface area contributed by atoms with Gasteiger partial charge in [0.2, 0.25) is 5.78 Å². The third-order valence-corrected chi connectivity index (χ3v) is 5.08. The van der Waals surface area contributed by atoms with Gasteiger partial charge in [-0.3, -0.25) is 14.7 Å². The van der Waals surface area contributed by atoms with E-state index in [1.807, 2.05) is 86.7 Å². The summed E-state index contributed by atoms with van der Waals surface area (Å²) in [5.41, 5.74) is 5.15. The van der Waals surface area contributed by atoms with E-state index in [0.29, 0.717) is 5.69 Å². The number of ketones is 1. The average molecular weight is 439 g/mol. The van der Waals surface area contributed by atoms with Crippen LogP contribution in [0.5, 0.6) is 0 Å². The molecule has 0 saturated heterocycles. The maximum absolute atomic E-state index is 12.1. The van der Waals surface area contributed by atoms with E-state index in [1.54, 1.807) is 12.1 Å². The van der Waals surface area contributed by atoms with Crippen LogP contribution in [0.4, 0.5) is 17.1 Å². The van der Waals surface area contributed by atoms with Crippen molar-refractivity contribution in [3.8, 4) is 0 Å². The Balaban J connectivity index is 1.46. The predicted octanol–water partition coefficient (Wildman–Crippen LogP) is 6.03. The summed E-state index contributed by atoms with van der Waals surface area (Å²) >= 11 is 0. The number of carbonyl (C=O) groups excluding carboxylic acids is 2. The van der Waals surface area contributed by atoms with Gasteiger partial charge in [-0.05, 0) is 54.0 Å². The van der Waals surface area contributed by atoms with Crippen LogP contribution in [0, 0.1) is 5.92 Å². The van der Waals surface area contributed by atoms with Crippen LogP contribution in [-0.2, 0) is 9.59 Å². The molecule has 0 radical (unpaired) electrons. The lowest BCUT2D eigenvalue weighted by Gasteiger charge is -2.10. The quantitative estimate of drug-likeness (QED) is 0.293. The Morgan fingerprint density at radius 1 is 0.909 bits per heavy atom. The molecule has 0 aliphatic heterocycles. The van der Waals surface area contributed by atoms with Crippen molar-refractivity contribution in [2.45, 2.75) is 20.3 Å². The number of nitrogens with one attached hydrogen (secondary N) is 3. The SMILES string of the molecule is CC(C)CC(=O)C(=O)Nc1cccc(Nc2ccc3c(/C=C/c4ccccc4)n[nH]c3c2)c1. The smallest absolute Gasteiger partial charge is 0.291 e. The Labute approximate surface area is 192 Å². The van der Waals surface area contributed by atoms with Gasteiger partial charge in [0.05, 0.1) is 11.2 Å². The van der Waals surface area contributed by atoms with Gasteiger partial charge in [0.15, 0.2) is 0 Å². The van der Waals surface area contributed by atoms with E-state index in [2.05, 4.69) is 20.8 Å². The van der Waals surface area contributed by atoms with E-state index in [4.69, 9.17) is 0 Å².